The Balaban J connectivity index is 1.64. The fourth-order valence-corrected chi connectivity index (χ4v) is 4.13. The SMILES string of the molecule is COC(=O)c1ccn2c(NC3CCCCC3)c(-c3ccc4nccn4c3)nc2c1. The summed E-state index contributed by atoms with van der Waals surface area (Å²) in [6, 6.07) is 8.01. The molecule has 4 aromatic rings. The van der Waals surface area contributed by atoms with Crippen LogP contribution in [0, 0.1) is 0 Å². The largest absolute Gasteiger partial charge is 0.465 e. The summed E-state index contributed by atoms with van der Waals surface area (Å²) in [5.41, 5.74) is 3.97. The highest BCUT2D eigenvalue weighted by Crippen LogP contribution is 2.32. The molecule has 0 spiro atoms. The first-order valence-corrected chi connectivity index (χ1v) is 10.0. The Morgan fingerprint density at radius 1 is 1.14 bits per heavy atom. The molecule has 0 radical (unpaired) electrons. The Morgan fingerprint density at radius 3 is 2.83 bits per heavy atom. The van der Waals surface area contributed by atoms with Gasteiger partial charge in [0.1, 0.15) is 22.8 Å². The van der Waals surface area contributed by atoms with Gasteiger partial charge < -0.3 is 14.5 Å². The van der Waals surface area contributed by atoms with Crippen LogP contribution in [0.5, 0.6) is 0 Å². The minimum atomic E-state index is -0.362. The van der Waals surface area contributed by atoms with E-state index in [4.69, 9.17) is 9.72 Å². The van der Waals surface area contributed by atoms with Crippen LogP contribution in [0.3, 0.4) is 0 Å². The number of pyridine rings is 2. The molecule has 0 unspecified atom stereocenters. The van der Waals surface area contributed by atoms with Crippen molar-refractivity contribution in [1.82, 2.24) is 18.8 Å². The van der Waals surface area contributed by atoms with Crippen LogP contribution in [0.2, 0.25) is 0 Å². The van der Waals surface area contributed by atoms with Crippen LogP contribution in [0.15, 0.2) is 49.1 Å². The third-order valence-electron chi connectivity index (χ3n) is 5.66. The zero-order valence-electron chi connectivity index (χ0n) is 16.3. The molecule has 1 aliphatic carbocycles. The molecular weight excluding hydrogens is 366 g/mol. The molecular formula is C22H23N5O2. The number of aromatic nitrogens is 4. The van der Waals surface area contributed by atoms with Gasteiger partial charge in [-0.15, -0.1) is 0 Å². The van der Waals surface area contributed by atoms with Gasteiger partial charge in [-0.3, -0.25) is 4.40 Å². The number of nitrogens with one attached hydrogen (secondary N) is 1. The molecule has 1 saturated carbocycles. The van der Waals surface area contributed by atoms with Crippen molar-refractivity contribution in [3.8, 4) is 11.3 Å². The van der Waals surface area contributed by atoms with Crippen molar-refractivity contribution in [2.24, 2.45) is 0 Å². The minimum absolute atomic E-state index is 0.362. The molecule has 5 rings (SSSR count). The van der Waals surface area contributed by atoms with Crippen LogP contribution in [0.1, 0.15) is 42.5 Å². The Morgan fingerprint density at radius 2 is 2.00 bits per heavy atom. The number of hydrogen-bond donors (Lipinski definition) is 1. The number of methoxy groups -OCH3 is 1. The molecule has 0 aliphatic heterocycles. The number of fused-ring (bicyclic) bond motifs is 2. The molecule has 0 atom stereocenters. The molecule has 1 aliphatic rings. The summed E-state index contributed by atoms with van der Waals surface area (Å²) in [5, 5.41) is 3.73. The highest BCUT2D eigenvalue weighted by atomic mass is 16.5. The number of carbonyl (C=O) groups excluding carboxylic acids is 1. The van der Waals surface area contributed by atoms with E-state index in [0.29, 0.717) is 17.3 Å². The van der Waals surface area contributed by atoms with Gasteiger partial charge in [0.05, 0.1) is 12.7 Å². The van der Waals surface area contributed by atoms with Crippen molar-refractivity contribution < 1.29 is 9.53 Å². The molecule has 4 heterocycles. The van der Waals surface area contributed by atoms with E-state index in [-0.39, 0.29) is 5.97 Å². The first-order valence-electron chi connectivity index (χ1n) is 10.0. The second-order valence-electron chi connectivity index (χ2n) is 7.53. The molecule has 4 aromatic heterocycles. The number of hydrogen-bond acceptors (Lipinski definition) is 5. The molecule has 0 aromatic carbocycles. The molecule has 0 amide bonds. The number of ether oxygens (including phenoxy) is 1. The number of esters is 1. The van der Waals surface area contributed by atoms with Crippen LogP contribution in [0.25, 0.3) is 22.6 Å². The first-order chi connectivity index (χ1) is 14.2. The monoisotopic (exact) mass is 389 g/mol. The Kier molecular flexibility index (Phi) is 4.42. The lowest BCUT2D eigenvalue weighted by Gasteiger charge is -2.24. The molecule has 0 bridgehead atoms. The maximum atomic E-state index is 12.0. The quantitative estimate of drug-likeness (QED) is 0.530. The van der Waals surface area contributed by atoms with E-state index >= 15 is 0 Å². The van der Waals surface area contributed by atoms with Crippen LogP contribution >= 0.6 is 0 Å². The summed E-state index contributed by atoms with van der Waals surface area (Å²) in [4.78, 5) is 21.2. The fourth-order valence-electron chi connectivity index (χ4n) is 4.13. The number of rotatable bonds is 4. The van der Waals surface area contributed by atoms with E-state index in [2.05, 4.69) is 10.3 Å². The van der Waals surface area contributed by atoms with Gasteiger partial charge in [-0.25, -0.2) is 14.8 Å². The predicted molar refractivity (Wildman–Crippen MR) is 111 cm³/mol. The van der Waals surface area contributed by atoms with Gasteiger partial charge in [-0.2, -0.15) is 0 Å². The van der Waals surface area contributed by atoms with E-state index in [1.807, 2.05) is 39.5 Å². The Labute approximate surface area is 168 Å². The molecule has 29 heavy (non-hydrogen) atoms. The molecule has 7 nitrogen and oxygen atoms in total. The topological polar surface area (TPSA) is 72.9 Å². The van der Waals surface area contributed by atoms with Crippen LogP contribution in [-0.2, 0) is 4.74 Å². The fraction of sp³-hybridized carbons (Fsp3) is 0.318. The lowest BCUT2D eigenvalue weighted by Crippen LogP contribution is -2.23. The third kappa shape index (κ3) is 3.22. The van der Waals surface area contributed by atoms with E-state index < -0.39 is 0 Å². The summed E-state index contributed by atoms with van der Waals surface area (Å²) in [7, 11) is 1.39. The van der Waals surface area contributed by atoms with Crippen molar-refractivity contribution in [3.63, 3.8) is 0 Å². The van der Waals surface area contributed by atoms with E-state index in [1.54, 1.807) is 18.3 Å². The summed E-state index contributed by atoms with van der Waals surface area (Å²) < 4.78 is 8.88. The van der Waals surface area contributed by atoms with Gasteiger partial charge >= 0.3 is 5.97 Å². The zero-order chi connectivity index (χ0) is 19.8. The maximum Gasteiger partial charge on any atom is 0.338 e. The summed E-state index contributed by atoms with van der Waals surface area (Å²) in [6.07, 6.45) is 13.8. The molecule has 1 fully saturated rings. The predicted octanol–water partition coefficient (Wildman–Crippen LogP) is 4.18. The molecule has 1 N–H and O–H groups in total. The Bertz CT molecular complexity index is 1190. The Hall–Kier alpha value is -3.35. The highest BCUT2D eigenvalue weighted by Gasteiger charge is 2.21. The van der Waals surface area contributed by atoms with Crippen molar-refractivity contribution in [3.05, 3.63) is 54.6 Å². The number of carbonyl (C=O) groups is 1. The molecule has 7 heteroatoms. The smallest absolute Gasteiger partial charge is 0.338 e. The van der Waals surface area contributed by atoms with Gasteiger partial charge in [-0.1, -0.05) is 19.3 Å². The number of imidazole rings is 2. The van der Waals surface area contributed by atoms with E-state index in [0.717, 1.165) is 35.6 Å². The van der Waals surface area contributed by atoms with Gasteiger partial charge in [-0.05, 0) is 37.1 Å². The first kappa shape index (κ1) is 17.7. The van der Waals surface area contributed by atoms with Crippen molar-refractivity contribution in [2.75, 3.05) is 12.4 Å². The standard InChI is InChI=1S/C22H23N5O2/c1-29-22(28)15-9-11-27-19(13-15)25-20(21(27)24-17-5-3-2-4-6-17)16-7-8-18-23-10-12-26(18)14-16/h7-14,17,24H,2-6H2,1H3. The minimum Gasteiger partial charge on any atom is -0.465 e. The average Bonchev–Trinajstić information content (AvgIpc) is 3.37. The van der Waals surface area contributed by atoms with E-state index in [1.165, 1.54) is 26.4 Å². The lowest BCUT2D eigenvalue weighted by molar-refractivity contribution is 0.0600. The zero-order valence-corrected chi connectivity index (χ0v) is 16.3. The second-order valence-corrected chi connectivity index (χ2v) is 7.53. The third-order valence-corrected chi connectivity index (χ3v) is 5.66. The number of nitrogens with zero attached hydrogens (tertiary/aromatic N) is 4. The van der Waals surface area contributed by atoms with Crippen LogP contribution in [-0.4, -0.2) is 37.9 Å². The number of anilines is 1. The van der Waals surface area contributed by atoms with Gasteiger partial charge in [0, 0.05) is 36.4 Å². The van der Waals surface area contributed by atoms with Crippen molar-refractivity contribution in [2.45, 2.75) is 38.1 Å². The summed E-state index contributed by atoms with van der Waals surface area (Å²) in [6.45, 7) is 0. The van der Waals surface area contributed by atoms with E-state index in [9.17, 15) is 4.79 Å². The second kappa shape index (κ2) is 7.24. The summed E-state index contributed by atoms with van der Waals surface area (Å²) >= 11 is 0. The van der Waals surface area contributed by atoms with Crippen molar-refractivity contribution in [1.29, 1.82) is 0 Å². The van der Waals surface area contributed by atoms with Gasteiger partial charge in [0.2, 0.25) is 0 Å². The maximum absolute atomic E-state index is 12.0. The highest BCUT2D eigenvalue weighted by molar-refractivity contribution is 5.91. The molecule has 148 valence electrons. The van der Waals surface area contributed by atoms with Gasteiger partial charge in [0.15, 0.2) is 0 Å². The van der Waals surface area contributed by atoms with Crippen molar-refractivity contribution >= 4 is 23.1 Å². The molecule has 0 saturated heterocycles. The average molecular weight is 389 g/mol. The lowest BCUT2D eigenvalue weighted by atomic mass is 9.95. The van der Waals surface area contributed by atoms with Crippen LogP contribution < -0.4 is 5.32 Å². The van der Waals surface area contributed by atoms with Gasteiger partial charge in [0.25, 0.3) is 0 Å². The summed E-state index contributed by atoms with van der Waals surface area (Å²) in [5.74, 6) is 0.599. The van der Waals surface area contributed by atoms with Crippen LogP contribution in [0.4, 0.5) is 5.82 Å². The normalized spacial score (nSPS) is 15.1.